The topological polar surface area (TPSA) is 116 Å². The molecule has 1 atom stereocenters. The number of piperazine rings is 1. The summed E-state index contributed by atoms with van der Waals surface area (Å²) >= 11 is 7.27. The van der Waals surface area contributed by atoms with Crippen molar-refractivity contribution in [3.63, 3.8) is 0 Å². The normalized spacial score (nSPS) is 15.0. The largest absolute Gasteiger partial charge is 0.480 e. The fraction of sp³-hybridized carbons (Fsp3) is 0.400. The van der Waals surface area contributed by atoms with Gasteiger partial charge in [0.1, 0.15) is 6.04 Å². The predicted molar refractivity (Wildman–Crippen MR) is 140 cm³/mol. The van der Waals surface area contributed by atoms with Crippen molar-refractivity contribution in [2.75, 3.05) is 49.5 Å². The fourth-order valence-electron chi connectivity index (χ4n) is 3.69. The molecule has 0 aliphatic carbocycles. The lowest BCUT2D eigenvalue weighted by Crippen LogP contribution is -2.49. The highest BCUT2D eigenvalue weighted by Crippen LogP contribution is 2.15. The minimum absolute atomic E-state index is 0.00875. The maximum absolute atomic E-state index is 12.9. The van der Waals surface area contributed by atoms with E-state index in [1.54, 1.807) is 24.3 Å². The fourth-order valence-corrected chi connectivity index (χ4v) is 4.64. The summed E-state index contributed by atoms with van der Waals surface area (Å²) in [7, 11) is 0. The Hall–Kier alpha value is -2.59. The van der Waals surface area contributed by atoms with Crippen LogP contribution in [0.1, 0.15) is 22.3 Å². The Morgan fingerprint density at radius 3 is 2.31 bits per heavy atom. The zero-order valence-electron chi connectivity index (χ0n) is 19.5. The molecule has 188 valence electrons. The summed E-state index contributed by atoms with van der Waals surface area (Å²) in [6.45, 7) is 3.98. The number of rotatable bonds is 11. The molecule has 35 heavy (non-hydrogen) atoms. The van der Waals surface area contributed by atoms with E-state index in [1.807, 2.05) is 29.2 Å². The van der Waals surface area contributed by atoms with Crippen LogP contribution in [0.2, 0.25) is 5.02 Å². The zero-order chi connectivity index (χ0) is 25.2. The van der Waals surface area contributed by atoms with Gasteiger partial charge in [0.25, 0.3) is 5.91 Å². The molecule has 2 aromatic carbocycles. The van der Waals surface area contributed by atoms with E-state index in [4.69, 9.17) is 22.4 Å². The van der Waals surface area contributed by atoms with Gasteiger partial charge >= 0.3 is 5.97 Å². The molecule has 1 saturated heterocycles. The molecule has 1 fully saturated rings. The van der Waals surface area contributed by atoms with E-state index in [9.17, 15) is 14.4 Å². The third-order valence-electron chi connectivity index (χ3n) is 5.83. The van der Waals surface area contributed by atoms with Crippen LogP contribution < -0.4 is 11.1 Å². The number of carboxylic acids is 1. The van der Waals surface area contributed by atoms with Gasteiger partial charge < -0.3 is 21.1 Å². The number of nitrogens with one attached hydrogen (secondary N) is 1. The van der Waals surface area contributed by atoms with E-state index in [2.05, 4.69) is 10.2 Å². The molecule has 1 aliphatic rings. The van der Waals surface area contributed by atoms with E-state index < -0.39 is 12.0 Å². The Bertz CT molecular complexity index is 996. The summed E-state index contributed by atoms with van der Waals surface area (Å²) in [5, 5.41) is 12.3. The van der Waals surface area contributed by atoms with E-state index in [1.165, 1.54) is 17.3 Å². The number of halogens is 1. The molecule has 0 aromatic heterocycles. The summed E-state index contributed by atoms with van der Waals surface area (Å²) in [4.78, 5) is 39.9. The molecule has 0 radical (unpaired) electrons. The predicted octanol–water partition coefficient (Wildman–Crippen LogP) is 2.81. The number of nitrogens with two attached hydrogens (primary N) is 1. The molecule has 0 bridgehead atoms. The Balaban J connectivity index is 1.37. The number of thioether (sulfide) groups is 1. The minimum atomic E-state index is -1.04. The van der Waals surface area contributed by atoms with Gasteiger partial charge in [-0.25, -0.2) is 0 Å². The van der Waals surface area contributed by atoms with Crippen molar-refractivity contribution in [3.8, 4) is 0 Å². The van der Waals surface area contributed by atoms with Crippen molar-refractivity contribution in [1.29, 1.82) is 0 Å². The van der Waals surface area contributed by atoms with Crippen LogP contribution in [0.15, 0.2) is 48.5 Å². The molecule has 0 saturated carbocycles. The van der Waals surface area contributed by atoms with Crippen LogP contribution in [-0.2, 0) is 16.0 Å². The summed E-state index contributed by atoms with van der Waals surface area (Å²) in [5.74, 6) is -0.545. The van der Waals surface area contributed by atoms with E-state index >= 15 is 0 Å². The van der Waals surface area contributed by atoms with Crippen molar-refractivity contribution in [3.05, 3.63) is 64.7 Å². The molecule has 1 unspecified atom stereocenters. The molecule has 1 aliphatic heterocycles. The summed E-state index contributed by atoms with van der Waals surface area (Å²) in [6.07, 6.45) is 1.26. The molecule has 10 heteroatoms. The Kier molecular flexibility index (Phi) is 10.4. The smallest absolute Gasteiger partial charge is 0.320 e. The number of carbonyl (C=O) groups is 3. The second kappa shape index (κ2) is 13.5. The lowest BCUT2D eigenvalue weighted by molar-refractivity contribution is -0.138. The average molecular weight is 519 g/mol. The lowest BCUT2D eigenvalue weighted by atomic mass is 10.1. The number of hydrogen-bond acceptors (Lipinski definition) is 6. The van der Waals surface area contributed by atoms with Crippen molar-refractivity contribution < 1.29 is 19.5 Å². The summed E-state index contributed by atoms with van der Waals surface area (Å²) < 4.78 is 0. The van der Waals surface area contributed by atoms with Gasteiger partial charge in [-0.15, -0.1) is 0 Å². The summed E-state index contributed by atoms with van der Waals surface area (Å²) in [5.41, 5.74) is 7.90. The monoisotopic (exact) mass is 518 g/mol. The van der Waals surface area contributed by atoms with Crippen molar-refractivity contribution in [1.82, 2.24) is 9.80 Å². The second-order valence-corrected chi connectivity index (χ2v) is 9.96. The Morgan fingerprint density at radius 1 is 1.03 bits per heavy atom. The van der Waals surface area contributed by atoms with E-state index in [-0.39, 0.29) is 17.6 Å². The maximum Gasteiger partial charge on any atom is 0.320 e. The number of amides is 2. The van der Waals surface area contributed by atoms with E-state index in [0.29, 0.717) is 36.5 Å². The second-order valence-electron chi connectivity index (χ2n) is 8.42. The first kappa shape index (κ1) is 27.0. The molecule has 8 nitrogen and oxygen atoms in total. The number of nitrogens with zero attached hydrogens (tertiary/aromatic N) is 2. The van der Waals surface area contributed by atoms with Gasteiger partial charge in [0, 0.05) is 49.0 Å². The third-order valence-corrected chi connectivity index (χ3v) is 7.07. The average Bonchev–Trinajstić information content (AvgIpc) is 2.86. The molecule has 2 aromatic rings. The van der Waals surface area contributed by atoms with Gasteiger partial charge in [-0.1, -0.05) is 23.7 Å². The van der Waals surface area contributed by atoms with Gasteiger partial charge in [0.2, 0.25) is 5.91 Å². The van der Waals surface area contributed by atoms with Gasteiger partial charge in [-0.05, 0) is 60.6 Å². The molecular formula is C25H31ClN4O4S. The van der Waals surface area contributed by atoms with Crippen LogP contribution in [0, 0.1) is 0 Å². The first-order valence-corrected chi connectivity index (χ1v) is 13.1. The third kappa shape index (κ3) is 8.85. The standard InChI is InChI=1S/C25H31ClN4O4S/c26-20-5-1-18(2-6-20)9-11-29-12-14-30(15-13-29)24(32)19-3-7-21(8-4-19)28-23(31)17-35-16-10-22(27)25(33)34/h1-8,22H,9-17,27H2,(H,28,31)(H,33,34). The van der Waals surface area contributed by atoms with Gasteiger partial charge in [-0.2, -0.15) is 11.8 Å². The molecule has 0 spiro atoms. The van der Waals surface area contributed by atoms with Crippen molar-refractivity contribution >= 4 is 46.8 Å². The van der Waals surface area contributed by atoms with Crippen LogP contribution in [0.3, 0.4) is 0 Å². The lowest BCUT2D eigenvalue weighted by Gasteiger charge is -2.34. The highest BCUT2D eigenvalue weighted by atomic mass is 35.5. The van der Waals surface area contributed by atoms with Gasteiger partial charge in [-0.3, -0.25) is 19.3 Å². The number of aliphatic carboxylic acids is 1. The molecule has 1 heterocycles. The highest BCUT2D eigenvalue weighted by Gasteiger charge is 2.22. The first-order valence-electron chi connectivity index (χ1n) is 11.5. The number of hydrogen-bond donors (Lipinski definition) is 3. The highest BCUT2D eigenvalue weighted by molar-refractivity contribution is 7.99. The number of carbonyl (C=O) groups excluding carboxylic acids is 2. The number of anilines is 1. The minimum Gasteiger partial charge on any atom is -0.480 e. The SMILES string of the molecule is NC(CCSCC(=O)Nc1ccc(C(=O)N2CCN(CCc3ccc(Cl)cc3)CC2)cc1)C(=O)O. The van der Waals surface area contributed by atoms with Crippen LogP contribution >= 0.6 is 23.4 Å². The van der Waals surface area contributed by atoms with Crippen LogP contribution in [0.25, 0.3) is 0 Å². The van der Waals surface area contributed by atoms with Gasteiger partial charge in [0.15, 0.2) is 0 Å². The van der Waals surface area contributed by atoms with Crippen LogP contribution in [0.4, 0.5) is 5.69 Å². The summed E-state index contributed by atoms with van der Waals surface area (Å²) in [6, 6.07) is 13.9. The van der Waals surface area contributed by atoms with Crippen molar-refractivity contribution in [2.24, 2.45) is 5.73 Å². The Morgan fingerprint density at radius 2 is 1.69 bits per heavy atom. The van der Waals surface area contributed by atoms with Crippen molar-refractivity contribution in [2.45, 2.75) is 18.9 Å². The van der Waals surface area contributed by atoms with Crippen LogP contribution in [-0.4, -0.2) is 83.0 Å². The Labute approximate surface area is 214 Å². The quantitative estimate of drug-likeness (QED) is 0.392. The molecule has 3 rings (SSSR count). The first-order chi connectivity index (χ1) is 16.8. The molecular weight excluding hydrogens is 488 g/mol. The number of carboxylic acid groups (broad SMARTS) is 1. The molecule has 2 amide bonds. The van der Waals surface area contributed by atoms with Gasteiger partial charge in [0.05, 0.1) is 5.75 Å². The molecule has 4 N–H and O–H groups in total. The maximum atomic E-state index is 12.9. The van der Waals surface area contributed by atoms with Crippen LogP contribution in [0.5, 0.6) is 0 Å². The number of benzene rings is 2. The van der Waals surface area contributed by atoms with E-state index in [0.717, 1.165) is 31.1 Å². The zero-order valence-corrected chi connectivity index (χ0v) is 21.1.